The fraction of sp³-hybridized carbons (Fsp3) is 0.0417. The predicted molar refractivity (Wildman–Crippen MR) is 114 cm³/mol. The lowest BCUT2D eigenvalue weighted by Gasteiger charge is -2.12. The van der Waals surface area contributed by atoms with Crippen LogP contribution in [-0.4, -0.2) is 18.4 Å². The van der Waals surface area contributed by atoms with Crippen molar-refractivity contribution in [1.29, 1.82) is 5.26 Å². The third-order valence-corrected chi connectivity index (χ3v) is 4.12. The van der Waals surface area contributed by atoms with Crippen LogP contribution in [0.25, 0.3) is 17.2 Å². The number of hydrogen-bond acceptors (Lipinski definition) is 4. The SMILES string of the molecule is N#C/C(=C\c1ccccc1)C(=O)NNC(=O)COc1ccccc1-c1ccccc1. The lowest BCUT2D eigenvalue weighted by molar-refractivity contribution is -0.128. The van der Waals surface area contributed by atoms with Gasteiger partial charge in [-0.2, -0.15) is 5.26 Å². The second kappa shape index (κ2) is 10.2. The molecule has 0 aliphatic heterocycles. The standard InChI is InChI=1S/C24H19N3O3/c25-16-20(15-18-9-3-1-4-10-18)24(29)27-26-23(28)17-30-22-14-8-7-13-21(22)19-11-5-2-6-12-19/h1-15H,17H2,(H,26,28)(H,27,29)/b20-15+. The number of para-hydroxylation sites is 1. The number of benzene rings is 3. The molecule has 0 aliphatic rings. The zero-order chi connectivity index (χ0) is 21.2. The van der Waals surface area contributed by atoms with Crippen LogP contribution < -0.4 is 15.6 Å². The van der Waals surface area contributed by atoms with Crippen LogP contribution in [0.2, 0.25) is 0 Å². The molecule has 0 saturated heterocycles. The van der Waals surface area contributed by atoms with Crippen LogP contribution in [0.5, 0.6) is 5.75 Å². The molecule has 0 fully saturated rings. The molecule has 6 heteroatoms. The molecular formula is C24H19N3O3. The first-order valence-corrected chi connectivity index (χ1v) is 9.20. The summed E-state index contributed by atoms with van der Waals surface area (Å²) < 4.78 is 5.63. The summed E-state index contributed by atoms with van der Waals surface area (Å²) >= 11 is 0. The highest BCUT2D eigenvalue weighted by atomic mass is 16.5. The van der Waals surface area contributed by atoms with E-state index < -0.39 is 11.8 Å². The summed E-state index contributed by atoms with van der Waals surface area (Å²) in [6, 6.07) is 27.8. The number of rotatable bonds is 6. The van der Waals surface area contributed by atoms with Crippen molar-refractivity contribution in [3.63, 3.8) is 0 Å². The van der Waals surface area contributed by atoms with Gasteiger partial charge in [0.25, 0.3) is 11.8 Å². The summed E-state index contributed by atoms with van der Waals surface area (Å²) in [7, 11) is 0. The zero-order valence-corrected chi connectivity index (χ0v) is 16.0. The number of carbonyl (C=O) groups excluding carboxylic acids is 2. The van der Waals surface area contributed by atoms with Crippen LogP contribution in [0, 0.1) is 11.3 Å². The third-order valence-electron chi connectivity index (χ3n) is 4.12. The number of nitrogens with zero attached hydrogens (tertiary/aromatic N) is 1. The molecule has 0 spiro atoms. The van der Waals surface area contributed by atoms with E-state index in [1.54, 1.807) is 30.3 Å². The fourth-order valence-corrected chi connectivity index (χ4v) is 2.69. The van der Waals surface area contributed by atoms with Gasteiger partial charge >= 0.3 is 0 Å². The average Bonchev–Trinajstić information content (AvgIpc) is 2.81. The molecule has 0 unspecified atom stereocenters. The Morgan fingerprint density at radius 2 is 1.50 bits per heavy atom. The third kappa shape index (κ3) is 5.57. The van der Waals surface area contributed by atoms with Crippen LogP contribution in [0.15, 0.2) is 90.5 Å². The van der Waals surface area contributed by atoms with E-state index >= 15 is 0 Å². The number of ether oxygens (including phenoxy) is 1. The minimum Gasteiger partial charge on any atom is -0.483 e. The molecule has 0 aromatic heterocycles. The maximum atomic E-state index is 12.1. The monoisotopic (exact) mass is 397 g/mol. The van der Waals surface area contributed by atoms with Crippen molar-refractivity contribution in [1.82, 2.24) is 10.9 Å². The highest BCUT2D eigenvalue weighted by molar-refractivity contribution is 6.02. The van der Waals surface area contributed by atoms with Crippen LogP contribution in [0.1, 0.15) is 5.56 Å². The molecule has 0 saturated carbocycles. The normalized spacial score (nSPS) is 10.6. The highest BCUT2D eigenvalue weighted by Crippen LogP contribution is 2.29. The van der Waals surface area contributed by atoms with Crippen LogP contribution in [0.3, 0.4) is 0 Å². The van der Waals surface area contributed by atoms with Crippen molar-refractivity contribution in [3.05, 3.63) is 96.1 Å². The van der Waals surface area contributed by atoms with Crippen molar-refractivity contribution in [2.75, 3.05) is 6.61 Å². The lowest BCUT2D eigenvalue weighted by atomic mass is 10.1. The van der Waals surface area contributed by atoms with Gasteiger partial charge in [0.1, 0.15) is 17.4 Å². The summed E-state index contributed by atoms with van der Waals surface area (Å²) in [4.78, 5) is 24.2. The quantitative estimate of drug-likeness (QED) is 0.378. The van der Waals surface area contributed by atoms with Crippen molar-refractivity contribution >= 4 is 17.9 Å². The number of nitrogens with one attached hydrogen (secondary N) is 2. The number of amides is 2. The van der Waals surface area contributed by atoms with Gasteiger partial charge in [-0.15, -0.1) is 0 Å². The Morgan fingerprint density at radius 1 is 0.867 bits per heavy atom. The van der Waals surface area contributed by atoms with E-state index in [1.165, 1.54) is 6.08 Å². The molecule has 6 nitrogen and oxygen atoms in total. The van der Waals surface area contributed by atoms with E-state index in [2.05, 4.69) is 10.9 Å². The van der Waals surface area contributed by atoms with E-state index in [0.717, 1.165) is 11.1 Å². The molecule has 0 heterocycles. The predicted octanol–water partition coefficient (Wildman–Crippen LogP) is 3.49. The Kier molecular flexibility index (Phi) is 6.96. The number of nitriles is 1. The van der Waals surface area contributed by atoms with E-state index in [0.29, 0.717) is 11.3 Å². The van der Waals surface area contributed by atoms with E-state index in [-0.39, 0.29) is 12.2 Å². The Morgan fingerprint density at radius 3 is 2.20 bits per heavy atom. The largest absolute Gasteiger partial charge is 0.483 e. The van der Waals surface area contributed by atoms with Gasteiger partial charge in [-0.25, -0.2) is 0 Å². The van der Waals surface area contributed by atoms with Gasteiger partial charge in [-0.1, -0.05) is 78.9 Å². The molecule has 2 N–H and O–H groups in total. The maximum Gasteiger partial charge on any atom is 0.280 e. The molecular weight excluding hydrogens is 378 g/mol. The van der Waals surface area contributed by atoms with Crippen molar-refractivity contribution in [2.45, 2.75) is 0 Å². The molecule has 0 radical (unpaired) electrons. The molecule has 2 amide bonds. The van der Waals surface area contributed by atoms with Crippen LogP contribution in [0.4, 0.5) is 0 Å². The first-order chi connectivity index (χ1) is 14.7. The molecule has 30 heavy (non-hydrogen) atoms. The first-order valence-electron chi connectivity index (χ1n) is 9.20. The van der Waals surface area contributed by atoms with Gasteiger partial charge in [-0.05, 0) is 23.3 Å². The van der Waals surface area contributed by atoms with Gasteiger partial charge < -0.3 is 4.74 Å². The van der Waals surface area contributed by atoms with Gasteiger partial charge in [-0.3, -0.25) is 20.4 Å². The Balaban J connectivity index is 1.56. The molecule has 0 bridgehead atoms. The van der Waals surface area contributed by atoms with Gasteiger partial charge in [0.15, 0.2) is 6.61 Å². The highest BCUT2D eigenvalue weighted by Gasteiger charge is 2.12. The van der Waals surface area contributed by atoms with E-state index in [4.69, 9.17) is 4.74 Å². The summed E-state index contributed by atoms with van der Waals surface area (Å²) in [5.74, 6) is -0.713. The minimum atomic E-state index is -0.709. The molecule has 148 valence electrons. The Hall–Kier alpha value is -4.37. The van der Waals surface area contributed by atoms with Gasteiger partial charge in [0.2, 0.25) is 0 Å². The molecule has 0 atom stereocenters. The Labute approximate surface area is 174 Å². The van der Waals surface area contributed by atoms with Crippen molar-refractivity contribution in [2.24, 2.45) is 0 Å². The topological polar surface area (TPSA) is 91.2 Å². The second-order valence-electron chi connectivity index (χ2n) is 6.23. The average molecular weight is 397 g/mol. The second-order valence-corrected chi connectivity index (χ2v) is 6.23. The summed E-state index contributed by atoms with van der Waals surface area (Å²) in [5, 5.41) is 9.20. The first kappa shape index (κ1) is 20.4. The van der Waals surface area contributed by atoms with Gasteiger partial charge in [0, 0.05) is 5.56 Å². The van der Waals surface area contributed by atoms with Crippen molar-refractivity contribution < 1.29 is 14.3 Å². The zero-order valence-electron chi connectivity index (χ0n) is 16.0. The molecule has 3 rings (SSSR count). The number of carbonyl (C=O) groups is 2. The summed E-state index contributed by atoms with van der Waals surface area (Å²) in [5.41, 5.74) is 6.88. The molecule has 0 aliphatic carbocycles. The number of hydrogen-bond donors (Lipinski definition) is 2. The van der Waals surface area contributed by atoms with Crippen LogP contribution >= 0.6 is 0 Å². The van der Waals surface area contributed by atoms with Crippen molar-refractivity contribution in [3.8, 4) is 22.9 Å². The van der Waals surface area contributed by atoms with Crippen LogP contribution in [-0.2, 0) is 9.59 Å². The summed E-state index contributed by atoms with van der Waals surface area (Å²) in [6.45, 7) is -0.297. The number of hydrazine groups is 1. The molecule has 3 aromatic rings. The summed E-state index contributed by atoms with van der Waals surface area (Å²) in [6.07, 6.45) is 1.44. The minimum absolute atomic E-state index is 0.128. The van der Waals surface area contributed by atoms with E-state index in [1.807, 2.05) is 60.7 Å². The lowest BCUT2D eigenvalue weighted by Crippen LogP contribution is -2.44. The maximum absolute atomic E-state index is 12.1. The van der Waals surface area contributed by atoms with E-state index in [9.17, 15) is 14.9 Å². The fourth-order valence-electron chi connectivity index (χ4n) is 2.69. The smallest absolute Gasteiger partial charge is 0.280 e. The molecule has 3 aromatic carbocycles. The Bertz CT molecular complexity index is 1090. The van der Waals surface area contributed by atoms with Gasteiger partial charge in [0.05, 0.1) is 0 Å².